The molecular formula is C22H23ClN4S. The number of hydrogen-bond donors (Lipinski definition) is 0. The van der Waals surface area contributed by atoms with Crippen molar-refractivity contribution < 1.29 is 0 Å². The third-order valence-corrected chi connectivity index (χ3v) is 5.92. The van der Waals surface area contributed by atoms with Crippen molar-refractivity contribution in [1.29, 1.82) is 0 Å². The molecule has 0 radical (unpaired) electrons. The molecule has 28 heavy (non-hydrogen) atoms. The van der Waals surface area contributed by atoms with E-state index in [2.05, 4.69) is 50.6 Å². The molecule has 2 heterocycles. The SMILES string of the molecule is Clc1ccc(Cc2nsc(N3CCN(C/C=C/c4ccccc4)CC3)n2)cc1. The number of aromatic nitrogens is 2. The van der Waals surface area contributed by atoms with Crippen LogP contribution >= 0.6 is 23.1 Å². The summed E-state index contributed by atoms with van der Waals surface area (Å²) in [5.41, 5.74) is 2.44. The lowest BCUT2D eigenvalue weighted by atomic mass is 10.1. The van der Waals surface area contributed by atoms with Crippen molar-refractivity contribution in [3.05, 3.63) is 82.6 Å². The first-order valence-corrected chi connectivity index (χ1v) is 10.7. The monoisotopic (exact) mass is 410 g/mol. The molecule has 6 heteroatoms. The Morgan fingerprint density at radius 1 is 0.964 bits per heavy atom. The quantitative estimate of drug-likeness (QED) is 0.593. The first-order valence-electron chi connectivity index (χ1n) is 9.52. The maximum atomic E-state index is 5.95. The molecule has 0 atom stereocenters. The summed E-state index contributed by atoms with van der Waals surface area (Å²) in [6.07, 6.45) is 5.19. The van der Waals surface area contributed by atoms with Crippen LogP contribution in [0.4, 0.5) is 5.13 Å². The molecule has 1 aliphatic heterocycles. The van der Waals surface area contributed by atoms with Gasteiger partial charge < -0.3 is 4.90 Å². The summed E-state index contributed by atoms with van der Waals surface area (Å²) >= 11 is 7.45. The molecule has 0 spiro atoms. The fraction of sp³-hybridized carbons (Fsp3) is 0.273. The summed E-state index contributed by atoms with van der Waals surface area (Å²) < 4.78 is 4.54. The Bertz CT molecular complexity index is 900. The van der Waals surface area contributed by atoms with Crippen molar-refractivity contribution in [3.8, 4) is 0 Å². The van der Waals surface area contributed by atoms with E-state index in [0.717, 1.165) is 55.1 Å². The molecule has 1 aromatic heterocycles. The van der Waals surface area contributed by atoms with E-state index in [-0.39, 0.29) is 0 Å². The predicted octanol–water partition coefficient (Wildman–Crippen LogP) is 4.62. The second-order valence-electron chi connectivity index (χ2n) is 6.90. The largest absolute Gasteiger partial charge is 0.344 e. The van der Waals surface area contributed by atoms with E-state index in [0.29, 0.717) is 0 Å². The fourth-order valence-corrected chi connectivity index (χ4v) is 4.12. The van der Waals surface area contributed by atoms with Crippen molar-refractivity contribution in [2.75, 3.05) is 37.6 Å². The lowest BCUT2D eigenvalue weighted by Crippen LogP contribution is -2.46. The van der Waals surface area contributed by atoms with Gasteiger partial charge in [0.25, 0.3) is 0 Å². The van der Waals surface area contributed by atoms with E-state index < -0.39 is 0 Å². The van der Waals surface area contributed by atoms with Gasteiger partial charge in [-0.3, -0.25) is 4.90 Å². The van der Waals surface area contributed by atoms with Gasteiger partial charge in [-0.2, -0.15) is 4.37 Å². The van der Waals surface area contributed by atoms with E-state index in [1.165, 1.54) is 22.7 Å². The molecule has 1 saturated heterocycles. The molecule has 4 rings (SSSR count). The number of piperazine rings is 1. The summed E-state index contributed by atoms with van der Waals surface area (Å²) in [6, 6.07) is 18.3. The lowest BCUT2D eigenvalue weighted by Gasteiger charge is -2.33. The number of hydrogen-bond acceptors (Lipinski definition) is 5. The van der Waals surface area contributed by atoms with Crippen LogP contribution < -0.4 is 4.90 Å². The normalized spacial score (nSPS) is 15.4. The molecular weight excluding hydrogens is 388 g/mol. The van der Waals surface area contributed by atoms with Crippen molar-refractivity contribution >= 4 is 34.3 Å². The van der Waals surface area contributed by atoms with Crippen LogP contribution in [0.2, 0.25) is 5.02 Å². The molecule has 144 valence electrons. The van der Waals surface area contributed by atoms with E-state index in [4.69, 9.17) is 16.6 Å². The lowest BCUT2D eigenvalue weighted by molar-refractivity contribution is 0.284. The highest BCUT2D eigenvalue weighted by atomic mass is 35.5. The maximum Gasteiger partial charge on any atom is 0.205 e. The van der Waals surface area contributed by atoms with Gasteiger partial charge in [0.15, 0.2) is 0 Å². The minimum atomic E-state index is 0.748. The zero-order valence-electron chi connectivity index (χ0n) is 15.7. The average Bonchev–Trinajstić information content (AvgIpc) is 3.20. The van der Waals surface area contributed by atoms with Crippen LogP contribution in [-0.4, -0.2) is 47.0 Å². The van der Waals surface area contributed by atoms with Gasteiger partial charge in [-0.15, -0.1) is 0 Å². The Morgan fingerprint density at radius 3 is 2.46 bits per heavy atom. The van der Waals surface area contributed by atoms with Crippen LogP contribution in [0.25, 0.3) is 6.08 Å². The second-order valence-corrected chi connectivity index (χ2v) is 8.06. The zero-order valence-corrected chi connectivity index (χ0v) is 17.2. The smallest absolute Gasteiger partial charge is 0.205 e. The van der Waals surface area contributed by atoms with Gasteiger partial charge in [-0.1, -0.05) is 66.2 Å². The standard InChI is InChI=1S/C22H23ClN4S/c23-20-10-8-19(9-11-20)17-21-24-22(28-25-21)27-15-13-26(14-16-27)12-4-7-18-5-2-1-3-6-18/h1-11H,12-17H2/b7-4+. The molecule has 4 nitrogen and oxygen atoms in total. The molecule has 0 aliphatic carbocycles. The highest BCUT2D eigenvalue weighted by molar-refractivity contribution is 7.09. The first-order chi connectivity index (χ1) is 13.8. The van der Waals surface area contributed by atoms with E-state index in [1.807, 2.05) is 30.3 Å². The second kappa shape index (κ2) is 9.32. The molecule has 1 aliphatic rings. The Balaban J connectivity index is 1.26. The Labute approximate surface area is 175 Å². The highest BCUT2D eigenvalue weighted by Crippen LogP contribution is 2.21. The zero-order chi connectivity index (χ0) is 19.2. The molecule has 0 amide bonds. The van der Waals surface area contributed by atoms with Crippen LogP contribution in [0.3, 0.4) is 0 Å². The Hall–Kier alpha value is -2.21. The van der Waals surface area contributed by atoms with Gasteiger partial charge in [0.05, 0.1) is 0 Å². The molecule has 3 aromatic rings. The molecule has 1 fully saturated rings. The van der Waals surface area contributed by atoms with Gasteiger partial charge in [0, 0.05) is 55.7 Å². The van der Waals surface area contributed by atoms with E-state index in [9.17, 15) is 0 Å². The van der Waals surface area contributed by atoms with Gasteiger partial charge in [-0.25, -0.2) is 4.98 Å². The third-order valence-electron chi connectivity index (χ3n) is 4.85. The number of nitrogens with zero attached hydrogens (tertiary/aromatic N) is 4. The van der Waals surface area contributed by atoms with Gasteiger partial charge in [0.1, 0.15) is 5.82 Å². The number of benzene rings is 2. The number of halogens is 1. The molecule has 0 unspecified atom stereocenters. The summed E-state index contributed by atoms with van der Waals surface area (Å²) in [6.45, 7) is 5.07. The minimum absolute atomic E-state index is 0.748. The summed E-state index contributed by atoms with van der Waals surface area (Å²) in [5, 5.41) is 1.79. The fourth-order valence-electron chi connectivity index (χ4n) is 3.25. The molecule has 0 bridgehead atoms. The van der Waals surface area contributed by atoms with Crippen LogP contribution in [0.15, 0.2) is 60.7 Å². The van der Waals surface area contributed by atoms with Crippen LogP contribution in [0, 0.1) is 0 Å². The topological polar surface area (TPSA) is 32.3 Å². The minimum Gasteiger partial charge on any atom is -0.344 e. The van der Waals surface area contributed by atoms with Crippen LogP contribution in [-0.2, 0) is 6.42 Å². The first kappa shape index (κ1) is 19.1. The number of rotatable bonds is 6. The van der Waals surface area contributed by atoms with Crippen molar-refractivity contribution in [2.24, 2.45) is 0 Å². The maximum absolute atomic E-state index is 5.95. The summed E-state index contributed by atoms with van der Waals surface area (Å²) in [7, 11) is 0. The van der Waals surface area contributed by atoms with Gasteiger partial charge >= 0.3 is 0 Å². The summed E-state index contributed by atoms with van der Waals surface area (Å²) in [5.74, 6) is 0.885. The Morgan fingerprint density at radius 2 is 1.71 bits per heavy atom. The Kier molecular flexibility index (Phi) is 6.37. The van der Waals surface area contributed by atoms with Gasteiger partial charge in [0.2, 0.25) is 5.13 Å². The van der Waals surface area contributed by atoms with Crippen LogP contribution in [0.5, 0.6) is 0 Å². The van der Waals surface area contributed by atoms with Crippen molar-refractivity contribution in [1.82, 2.24) is 14.3 Å². The third kappa shape index (κ3) is 5.19. The van der Waals surface area contributed by atoms with E-state index in [1.54, 1.807) is 0 Å². The average molecular weight is 411 g/mol. The molecule has 0 saturated carbocycles. The summed E-state index contributed by atoms with van der Waals surface area (Å²) in [4.78, 5) is 9.57. The highest BCUT2D eigenvalue weighted by Gasteiger charge is 2.19. The van der Waals surface area contributed by atoms with Crippen molar-refractivity contribution in [2.45, 2.75) is 6.42 Å². The van der Waals surface area contributed by atoms with Crippen LogP contribution in [0.1, 0.15) is 17.0 Å². The molecule has 0 N–H and O–H groups in total. The predicted molar refractivity (Wildman–Crippen MR) is 118 cm³/mol. The van der Waals surface area contributed by atoms with Gasteiger partial charge in [-0.05, 0) is 23.3 Å². The number of anilines is 1. The van der Waals surface area contributed by atoms with Crippen molar-refractivity contribution in [3.63, 3.8) is 0 Å². The van der Waals surface area contributed by atoms with E-state index >= 15 is 0 Å². The molecule has 2 aromatic carbocycles.